The molecule has 0 saturated heterocycles. The summed E-state index contributed by atoms with van der Waals surface area (Å²) in [4.78, 5) is 45.2. The molecule has 0 fully saturated rings. The molecule has 35 heavy (non-hydrogen) atoms. The average molecular weight is 492 g/mol. The van der Waals surface area contributed by atoms with Gasteiger partial charge >= 0.3 is 5.97 Å². The lowest BCUT2D eigenvalue weighted by Crippen LogP contribution is -2.30. The third-order valence-electron chi connectivity index (χ3n) is 6.38. The van der Waals surface area contributed by atoms with Crippen LogP contribution in [0.4, 0.5) is 0 Å². The molecule has 0 spiro atoms. The zero-order chi connectivity index (χ0) is 24.7. The van der Waals surface area contributed by atoms with Gasteiger partial charge in [-0.2, -0.15) is 0 Å². The molecular weight excluding hydrogens is 466 g/mol. The van der Waals surface area contributed by atoms with Crippen LogP contribution in [0.1, 0.15) is 33.0 Å². The summed E-state index contributed by atoms with van der Waals surface area (Å²) >= 11 is 1.15. The number of aromatic nitrogens is 2. The Bertz CT molecular complexity index is 1540. The lowest BCUT2D eigenvalue weighted by molar-refractivity contribution is -0.133. The zero-order valence-electron chi connectivity index (χ0n) is 19.8. The molecule has 1 amide bonds. The topological polar surface area (TPSA) is 90.7 Å². The monoisotopic (exact) mass is 491 g/mol. The van der Waals surface area contributed by atoms with E-state index in [0.29, 0.717) is 33.7 Å². The maximum atomic E-state index is 12.8. The fraction of sp³-hybridized carbons (Fsp3) is 0.308. The second kappa shape index (κ2) is 9.14. The number of esters is 1. The van der Waals surface area contributed by atoms with Crippen molar-refractivity contribution in [2.75, 3.05) is 20.8 Å². The van der Waals surface area contributed by atoms with Gasteiger partial charge in [0.25, 0.3) is 11.5 Å². The van der Waals surface area contributed by atoms with Gasteiger partial charge in [0.2, 0.25) is 0 Å². The van der Waals surface area contributed by atoms with Gasteiger partial charge < -0.3 is 14.4 Å². The van der Waals surface area contributed by atoms with Gasteiger partial charge in [-0.05, 0) is 53.4 Å². The Balaban J connectivity index is 1.25. The van der Waals surface area contributed by atoms with Crippen LogP contribution in [0.25, 0.3) is 21.0 Å². The van der Waals surface area contributed by atoms with Crippen LogP contribution in [0.15, 0.2) is 41.2 Å². The molecule has 1 aliphatic heterocycles. The molecule has 2 aromatic carbocycles. The minimum Gasteiger partial charge on any atom is -0.497 e. The molecule has 0 N–H and O–H groups in total. The molecule has 9 heteroatoms. The van der Waals surface area contributed by atoms with Gasteiger partial charge in [0.1, 0.15) is 21.3 Å². The van der Waals surface area contributed by atoms with Crippen LogP contribution in [0.3, 0.4) is 0 Å². The Morgan fingerprint density at radius 2 is 1.94 bits per heavy atom. The molecule has 4 aromatic rings. The van der Waals surface area contributed by atoms with E-state index < -0.39 is 5.97 Å². The molecule has 0 saturated carbocycles. The number of benzene rings is 2. The first-order valence-corrected chi connectivity index (χ1v) is 12.2. The number of carbonyl (C=O) groups is 2. The number of hydrogen-bond acceptors (Lipinski definition) is 7. The van der Waals surface area contributed by atoms with Crippen molar-refractivity contribution in [3.05, 3.63) is 68.6 Å². The highest BCUT2D eigenvalue weighted by atomic mass is 32.1. The summed E-state index contributed by atoms with van der Waals surface area (Å²) in [5.41, 5.74) is 1.41. The predicted molar refractivity (Wildman–Crippen MR) is 134 cm³/mol. The maximum absolute atomic E-state index is 12.8. The summed E-state index contributed by atoms with van der Waals surface area (Å²) in [5, 5.41) is 2.56. The van der Waals surface area contributed by atoms with Crippen LogP contribution in [0, 0.1) is 6.92 Å². The number of aryl methyl sites for hydroxylation is 2. The summed E-state index contributed by atoms with van der Waals surface area (Å²) in [5.74, 6) is 0.618. The normalized spacial score (nSPS) is 12.7. The Labute approximate surface area is 205 Å². The second-order valence-corrected chi connectivity index (χ2v) is 9.70. The summed E-state index contributed by atoms with van der Waals surface area (Å²) in [6, 6.07) is 11.8. The molecule has 180 valence electrons. The standard InChI is InChI=1S/C26H25N3O5S/c1-15-22-24(27-20-5-4-10-29(20)25(22)31)35-23(15)26(32)34-14-21(30)28(2)13-16-6-7-18-12-19(33-3)9-8-17(18)11-16/h6-9,11-12H,4-5,10,13-14H2,1-3H3. The minimum absolute atomic E-state index is 0.111. The zero-order valence-corrected chi connectivity index (χ0v) is 20.6. The van der Waals surface area contributed by atoms with Gasteiger partial charge in [-0.3, -0.25) is 14.2 Å². The van der Waals surface area contributed by atoms with Crippen molar-refractivity contribution in [1.82, 2.24) is 14.5 Å². The van der Waals surface area contributed by atoms with Crippen molar-refractivity contribution in [3.63, 3.8) is 0 Å². The summed E-state index contributed by atoms with van der Waals surface area (Å²) in [6.07, 6.45) is 1.66. The van der Waals surface area contributed by atoms with E-state index in [1.165, 1.54) is 4.90 Å². The number of fused-ring (bicyclic) bond motifs is 3. The summed E-state index contributed by atoms with van der Waals surface area (Å²) in [7, 11) is 3.30. The smallest absolute Gasteiger partial charge is 0.349 e. The molecule has 0 aliphatic carbocycles. The number of methoxy groups -OCH3 is 1. The fourth-order valence-corrected chi connectivity index (χ4v) is 5.52. The Hall–Kier alpha value is -3.72. The average Bonchev–Trinajstić information content (AvgIpc) is 3.46. The predicted octanol–water partition coefficient (Wildman–Crippen LogP) is 3.69. The third kappa shape index (κ3) is 4.27. The van der Waals surface area contributed by atoms with Crippen molar-refractivity contribution in [1.29, 1.82) is 0 Å². The van der Waals surface area contributed by atoms with Crippen LogP contribution >= 0.6 is 11.3 Å². The van der Waals surface area contributed by atoms with Crippen LogP contribution in [-0.2, 0) is 29.0 Å². The van der Waals surface area contributed by atoms with Crippen molar-refractivity contribution in [2.45, 2.75) is 32.9 Å². The molecule has 0 bridgehead atoms. The number of hydrogen-bond donors (Lipinski definition) is 0. The first-order valence-electron chi connectivity index (χ1n) is 11.4. The molecule has 3 heterocycles. The Morgan fingerprint density at radius 3 is 2.74 bits per heavy atom. The molecule has 8 nitrogen and oxygen atoms in total. The van der Waals surface area contributed by atoms with Gasteiger partial charge in [0, 0.05) is 26.6 Å². The van der Waals surface area contributed by atoms with Crippen molar-refractivity contribution in [2.24, 2.45) is 0 Å². The molecule has 0 radical (unpaired) electrons. The van der Waals surface area contributed by atoms with Crippen LogP contribution < -0.4 is 10.3 Å². The summed E-state index contributed by atoms with van der Waals surface area (Å²) in [6.45, 7) is 2.38. The highest BCUT2D eigenvalue weighted by Crippen LogP contribution is 2.29. The number of nitrogens with zero attached hydrogens (tertiary/aromatic N) is 3. The van der Waals surface area contributed by atoms with Gasteiger partial charge in [0.05, 0.1) is 12.5 Å². The molecule has 5 rings (SSSR count). The molecule has 1 aliphatic rings. The van der Waals surface area contributed by atoms with E-state index in [9.17, 15) is 14.4 Å². The van der Waals surface area contributed by atoms with Crippen molar-refractivity contribution in [3.8, 4) is 5.75 Å². The highest BCUT2D eigenvalue weighted by molar-refractivity contribution is 7.20. The number of rotatable bonds is 6. The van der Waals surface area contributed by atoms with Crippen LogP contribution in [0.5, 0.6) is 5.75 Å². The first-order chi connectivity index (χ1) is 16.9. The summed E-state index contributed by atoms with van der Waals surface area (Å²) < 4.78 is 12.3. The minimum atomic E-state index is -0.614. The number of ether oxygens (including phenoxy) is 2. The van der Waals surface area contributed by atoms with E-state index in [0.717, 1.165) is 52.1 Å². The molecule has 0 unspecified atom stereocenters. The van der Waals surface area contributed by atoms with Gasteiger partial charge in [-0.25, -0.2) is 9.78 Å². The quantitative estimate of drug-likeness (QED) is 0.382. The third-order valence-corrected chi connectivity index (χ3v) is 7.55. The van der Waals surface area contributed by atoms with E-state index in [4.69, 9.17) is 9.47 Å². The Kier molecular flexibility index (Phi) is 6.02. The van der Waals surface area contributed by atoms with Crippen LogP contribution in [0.2, 0.25) is 0 Å². The number of thiophene rings is 1. The maximum Gasteiger partial charge on any atom is 0.349 e. The molecular formula is C26H25N3O5S. The van der Waals surface area contributed by atoms with Crippen LogP contribution in [-0.4, -0.2) is 47.1 Å². The SMILES string of the molecule is COc1ccc2cc(CN(C)C(=O)COC(=O)c3sc4nc5n(c(=O)c4c3C)CCC5)ccc2c1. The fourth-order valence-electron chi connectivity index (χ4n) is 4.43. The Morgan fingerprint density at radius 1 is 1.17 bits per heavy atom. The molecule has 2 aromatic heterocycles. The van der Waals surface area contributed by atoms with E-state index in [2.05, 4.69) is 4.98 Å². The van der Waals surface area contributed by atoms with Gasteiger partial charge in [-0.15, -0.1) is 11.3 Å². The van der Waals surface area contributed by atoms with E-state index >= 15 is 0 Å². The number of likely N-dealkylation sites (N-methyl/N-ethyl adjacent to an activating group) is 1. The largest absolute Gasteiger partial charge is 0.497 e. The van der Waals surface area contributed by atoms with E-state index in [1.54, 1.807) is 25.6 Å². The lowest BCUT2D eigenvalue weighted by Gasteiger charge is -2.17. The lowest BCUT2D eigenvalue weighted by atomic mass is 10.1. The highest BCUT2D eigenvalue weighted by Gasteiger charge is 2.24. The van der Waals surface area contributed by atoms with E-state index in [1.807, 2.05) is 36.4 Å². The molecule has 0 atom stereocenters. The number of carbonyl (C=O) groups excluding carboxylic acids is 2. The van der Waals surface area contributed by atoms with Crippen molar-refractivity contribution < 1.29 is 19.1 Å². The van der Waals surface area contributed by atoms with Gasteiger partial charge in [0.15, 0.2) is 6.61 Å². The van der Waals surface area contributed by atoms with Crippen molar-refractivity contribution >= 4 is 44.2 Å². The first kappa shape index (κ1) is 23.0. The van der Waals surface area contributed by atoms with E-state index in [-0.39, 0.29) is 18.1 Å². The van der Waals surface area contributed by atoms with Gasteiger partial charge in [-0.1, -0.05) is 18.2 Å². The number of amides is 1. The second-order valence-electron chi connectivity index (χ2n) is 8.70.